The maximum absolute atomic E-state index is 11.9. The highest BCUT2D eigenvalue weighted by Crippen LogP contribution is 2.28. The summed E-state index contributed by atoms with van der Waals surface area (Å²) in [7, 11) is 0. The van der Waals surface area contributed by atoms with Crippen molar-refractivity contribution in [2.75, 3.05) is 5.32 Å². The van der Waals surface area contributed by atoms with Gasteiger partial charge in [0.2, 0.25) is 10.9 Å². The van der Waals surface area contributed by atoms with Crippen LogP contribution in [0.5, 0.6) is 0 Å². The molecule has 3 aromatic rings. The number of fused-ring (bicyclic) bond motifs is 1. The molecule has 0 spiro atoms. The maximum Gasteiger partial charge on any atom is 0.234 e. The number of carbonyl (C=O) groups excluding carboxylic acids is 1. The zero-order chi connectivity index (χ0) is 15.0. The second kappa shape index (κ2) is 5.25. The molecule has 0 bridgehead atoms. The van der Waals surface area contributed by atoms with Gasteiger partial charge < -0.3 is 5.32 Å². The molecular formula is C14H15N5OS. The van der Waals surface area contributed by atoms with Crippen LogP contribution in [0.3, 0.4) is 0 Å². The number of aryl methyl sites for hydroxylation is 1. The van der Waals surface area contributed by atoms with Crippen LogP contribution in [0.2, 0.25) is 0 Å². The van der Waals surface area contributed by atoms with Gasteiger partial charge in [-0.05, 0) is 18.6 Å². The lowest BCUT2D eigenvalue weighted by Gasteiger charge is -2.11. The number of hydrogen-bond acceptors (Lipinski definition) is 5. The van der Waals surface area contributed by atoms with Gasteiger partial charge in [0.05, 0.1) is 0 Å². The molecule has 6 nitrogen and oxygen atoms in total. The first-order valence-corrected chi connectivity index (χ1v) is 7.45. The normalized spacial score (nSPS) is 11.2. The molecule has 2 heterocycles. The number of amides is 1. The van der Waals surface area contributed by atoms with Crippen LogP contribution in [-0.4, -0.2) is 25.7 Å². The van der Waals surface area contributed by atoms with E-state index in [1.165, 1.54) is 11.3 Å². The Hall–Kier alpha value is -2.28. The summed E-state index contributed by atoms with van der Waals surface area (Å²) in [5, 5.41) is 16.0. The van der Waals surface area contributed by atoms with Gasteiger partial charge in [0.25, 0.3) is 0 Å². The summed E-state index contributed by atoms with van der Waals surface area (Å²) in [5.41, 5.74) is 2.79. The molecule has 108 valence electrons. The first-order valence-electron chi connectivity index (χ1n) is 6.63. The largest absolute Gasteiger partial charge is 0.326 e. The van der Waals surface area contributed by atoms with Gasteiger partial charge in [-0.3, -0.25) is 4.79 Å². The van der Waals surface area contributed by atoms with Crippen molar-refractivity contribution in [2.24, 2.45) is 5.92 Å². The summed E-state index contributed by atoms with van der Waals surface area (Å²) >= 11 is 1.46. The Morgan fingerprint density at radius 1 is 1.38 bits per heavy atom. The summed E-state index contributed by atoms with van der Waals surface area (Å²) in [6, 6.07) is 5.92. The zero-order valence-corrected chi connectivity index (χ0v) is 12.8. The van der Waals surface area contributed by atoms with Crippen molar-refractivity contribution in [1.82, 2.24) is 19.8 Å². The van der Waals surface area contributed by atoms with Crippen LogP contribution < -0.4 is 5.32 Å². The molecular weight excluding hydrogens is 286 g/mol. The van der Waals surface area contributed by atoms with Crippen molar-refractivity contribution < 1.29 is 4.79 Å². The van der Waals surface area contributed by atoms with Crippen molar-refractivity contribution in [1.29, 1.82) is 0 Å². The first-order chi connectivity index (χ1) is 10.0. The molecule has 0 radical (unpaired) electrons. The molecule has 0 atom stereocenters. The predicted octanol–water partition coefficient (Wildman–Crippen LogP) is 2.76. The number of nitrogens with zero attached hydrogens (tertiary/aromatic N) is 4. The van der Waals surface area contributed by atoms with E-state index in [0.29, 0.717) is 0 Å². The smallest absolute Gasteiger partial charge is 0.234 e. The molecule has 1 aromatic carbocycles. The van der Waals surface area contributed by atoms with E-state index < -0.39 is 0 Å². The average Bonchev–Trinajstić information content (AvgIpc) is 3.02. The Bertz CT molecular complexity index is 776. The van der Waals surface area contributed by atoms with Crippen LogP contribution in [0.15, 0.2) is 24.5 Å². The van der Waals surface area contributed by atoms with Gasteiger partial charge in [-0.25, -0.2) is 0 Å². The van der Waals surface area contributed by atoms with E-state index >= 15 is 0 Å². The third kappa shape index (κ3) is 2.64. The molecule has 3 rings (SSSR count). The minimum absolute atomic E-state index is 0.00777. The number of carbonyl (C=O) groups is 1. The minimum Gasteiger partial charge on any atom is -0.326 e. The first kappa shape index (κ1) is 13.7. The summed E-state index contributed by atoms with van der Waals surface area (Å²) < 4.78 is 1.65. The number of anilines is 1. The Kier molecular flexibility index (Phi) is 3.42. The van der Waals surface area contributed by atoms with Crippen molar-refractivity contribution in [3.05, 3.63) is 30.1 Å². The van der Waals surface area contributed by atoms with Gasteiger partial charge in [-0.2, -0.15) is 9.61 Å². The molecule has 0 saturated heterocycles. The fourth-order valence-electron chi connectivity index (χ4n) is 1.84. The fourth-order valence-corrected chi connectivity index (χ4v) is 2.66. The van der Waals surface area contributed by atoms with Crippen molar-refractivity contribution in [2.45, 2.75) is 20.8 Å². The number of nitrogens with one attached hydrogen (secondary N) is 1. The molecule has 0 aliphatic rings. The van der Waals surface area contributed by atoms with Gasteiger partial charge >= 0.3 is 0 Å². The highest BCUT2D eigenvalue weighted by Gasteiger charge is 2.12. The van der Waals surface area contributed by atoms with Gasteiger partial charge in [0.15, 0.2) is 0 Å². The highest BCUT2D eigenvalue weighted by atomic mass is 32.1. The second-order valence-electron chi connectivity index (χ2n) is 5.14. The molecule has 0 unspecified atom stereocenters. The summed E-state index contributed by atoms with van der Waals surface area (Å²) in [4.78, 5) is 12.6. The molecule has 2 aromatic heterocycles. The summed E-state index contributed by atoms with van der Waals surface area (Å²) in [5.74, 6) is -0.0457. The lowest BCUT2D eigenvalue weighted by Crippen LogP contribution is -2.18. The molecule has 0 fully saturated rings. The van der Waals surface area contributed by atoms with E-state index in [1.807, 2.05) is 39.0 Å². The number of aromatic nitrogens is 4. The van der Waals surface area contributed by atoms with Crippen LogP contribution in [0.25, 0.3) is 15.5 Å². The van der Waals surface area contributed by atoms with E-state index in [1.54, 1.807) is 10.8 Å². The average molecular weight is 301 g/mol. The SMILES string of the molecule is Cc1ccc(-c2nn3cnnc3s2)cc1NC(=O)C(C)C. The molecule has 1 N–H and O–H groups in total. The topological polar surface area (TPSA) is 72.2 Å². The van der Waals surface area contributed by atoms with Crippen LogP contribution in [-0.2, 0) is 4.79 Å². The van der Waals surface area contributed by atoms with Crippen LogP contribution >= 0.6 is 11.3 Å². The van der Waals surface area contributed by atoms with Crippen molar-refractivity contribution >= 4 is 27.9 Å². The van der Waals surface area contributed by atoms with Gasteiger partial charge in [-0.15, -0.1) is 10.2 Å². The molecule has 7 heteroatoms. The lowest BCUT2D eigenvalue weighted by molar-refractivity contribution is -0.118. The van der Waals surface area contributed by atoms with E-state index in [9.17, 15) is 4.79 Å². The molecule has 0 aliphatic carbocycles. The fraction of sp³-hybridized carbons (Fsp3) is 0.286. The lowest BCUT2D eigenvalue weighted by atomic mass is 10.1. The Morgan fingerprint density at radius 3 is 2.90 bits per heavy atom. The molecule has 0 saturated carbocycles. The van der Waals surface area contributed by atoms with E-state index in [-0.39, 0.29) is 11.8 Å². The highest BCUT2D eigenvalue weighted by molar-refractivity contribution is 7.19. The Labute approximate surface area is 125 Å². The minimum atomic E-state index is -0.0534. The monoisotopic (exact) mass is 301 g/mol. The Morgan fingerprint density at radius 2 is 2.19 bits per heavy atom. The van der Waals surface area contributed by atoms with Crippen molar-refractivity contribution in [3.8, 4) is 10.6 Å². The van der Waals surface area contributed by atoms with E-state index in [2.05, 4.69) is 20.6 Å². The standard InChI is InChI=1S/C14H15N5OS/c1-8(2)12(20)16-11-6-10(5-4-9(11)3)13-18-19-7-15-17-14(19)21-13/h4-8H,1-3H3,(H,16,20). The maximum atomic E-state index is 11.9. The van der Waals surface area contributed by atoms with Crippen molar-refractivity contribution in [3.63, 3.8) is 0 Å². The number of rotatable bonds is 3. The zero-order valence-electron chi connectivity index (χ0n) is 12.0. The van der Waals surface area contributed by atoms with Gasteiger partial charge in [0, 0.05) is 17.2 Å². The van der Waals surface area contributed by atoms with Gasteiger partial charge in [0.1, 0.15) is 11.3 Å². The quantitative estimate of drug-likeness (QED) is 0.807. The third-order valence-corrected chi connectivity index (χ3v) is 4.12. The predicted molar refractivity (Wildman–Crippen MR) is 82.3 cm³/mol. The van der Waals surface area contributed by atoms with E-state index in [4.69, 9.17) is 0 Å². The van der Waals surface area contributed by atoms with Crippen LogP contribution in [0, 0.1) is 12.8 Å². The Balaban J connectivity index is 1.96. The van der Waals surface area contributed by atoms with E-state index in [0.717, 1.165) is 26.8 Å². The molecule has 0 aliphatic heterocycles. The van der Waals surface area contributed by atoms with Gasteiger partial charge in [-0.1, -0.05) is 37.3 Å². The number of benzene rings is 1. The summed E-state index contributed by atoms with van der Waals surface area (Å²) in [6.07, 6.45) is 1.57. The van der Waals surface area contributed by atoms with Crippen LogP contribution in [0.4, 0.5) is 5.69 Å². The third-order valence-electron chi connectivity index (χ3n) is 3.15. The van der Waals surface area contributed by atoms with Crippen LogP contribution in [0.1, 0.15) is 19.4 Å². The summed E-state index contributed by atoms with van der Waals surface area (Å²) in [6.45, 7) is 5.72. The molecule has 21 heavy (non-hydrogen) atoms. The number of hydrogen-bond donors (Lipinski definition) is 1. The second-order valence-corrected chi connectivity index (χ2v) is 6.09. The molecule has 1 amide bonds.